The van der Waals surface area contributed by atoms with Gasteiger partial charge < -0.3 is 24.4 Å². The molecule has 0 saturated carbocycles. The number of hydrogen-bond donors (Lipinski definition) is 1. The number of carbonyl (C=O) groups is 3. The lowest BCUT2D eigenvalue weighted by Crippen LogP contribution is -2.50. The predicted molar refractivity (Wildman–Crippen MR) is 146 cm³/mol. The van der Waals surface area contributed by atoms with Crippen molar-refractivity contribution in [3.63, 3.8) is 0 Å². The van der Waals surface area contributed by atoms with Gasteiger partial charge in [-0.25, -0.2) is 9.59 Å². The van der Waals surface area contributed by atoms with Gasteiger partial charge in [0, 0.05) is 10.6 Å². The highest BCUT2D eigenvalue weighted by Crippen LogP contribution is 2.36. The van der Waals surface area contributed by atoms with Gasteiger partial charge >= 0.3 is 12.1 Å². The molecule has 3 aromatic rings. The number of benzene rings is 3. The highest BCUT2D eigenvalue weighted by molar-refractivity contribution is 7.99. The number of esters is 1. The Bertz CT molecular complexity index is 1300. The van der Waals surface area contributed by atoms with Gasteiger partial charge in [0.2, 0.25) is 0 Å². The maximum Gasteiger partial charge on any atom is 0.408 e. The first kappa shape index (κ1) is 27.1. The number of hydrogen-bond acceptors (Lipinski definition) is 7. The number of thioether (sulfide) groups is 1. The maximum absolute atomic E-state index is 13.8. The number of anilines is 1. The fraction of sp³-hybridized carbons (Fsp3) is 0.276. The highest BCUT2D eigenvalue weighted by atomic mass is 32.2. The summed E-state index contributed by atoms with van der Waals surface area (Å²) in [4.78, 5) is 40.9. The second-order valence-corrected chi connectivity index (χ2v) is 10.7. The number of carbonyl (C=O) groups excluding carboxylic acids is 3. The molecule has 0 fully saturated rings. The van der Waals surface area contributed by atoms with Crippen molar-refractivity contribution in [3.05, 3.63) is 83.9 Å². The first-order valence-corrected chi connectivity index (χ1v) is 13.1. The fourth-order valence-electron chi connectivity index (χ4n) is 3.83. The molecule has 1 aliphatic heterocycles. The van der Waals surface area contributed by atoms with Crippen molar-refractivity contribution in [1.82, 2.24) is 5.32 Å². The standard InChI is InChI=1S/C29H30N2O6S/c1-29(2,3)37-28(34)30-23-18-38-25-15-12-20(27(33)35-4)16-24(25)31(26(23)32)17-19-10-13-22(14-11-19)36-21-8-6-5-7-9-21/h5-16,23H,17-18H2,1-4H3,(H,30,34)/t23-/m0/s1. The zero-order valence-corrected chi connectivity index (χ0v) is 22.5. The summed E-state index contributed by atoms with van der Waals surface area (Å²) < 4.78 is 16.1. The van der Waals surface area contributed by atoms with E-state index in [1.165, 1.54) is 18.9 Å². The SMILES string of the molecule is COC(=O)c1ccc2c(c1)N(Cc1ccc(Oc3ccccc3)cc1)C(=O)[C@@H](NC(=O)OC(C)(C)C)CS2. The van der Waals surface area contributed by atoms with Crippen LogP contribution in [0, 0.1) is 0 Å². The Labute approximate surface area is 226 Å². The molecule has 0 unspecified atom stereocenters. The lowest BCUT2D eigenvalue weighted by molar-refractivity contribution is -0.120. The number of rotatable bonds is 6. The lowest BCUT2D eigenvalue weighted by atomic mass is 10.1. The minimum atomic E-state index is -0.829. The van der Waals surface area contributed by atoms with Crippen molar-refractivity contribution in [3.8, 4) is 11.5 Å². The smallest absolute Gasteiger partial charge is 0.408 e. The quantitative estimate of drug-likeness (QED) is 0.400. The molecule has 1 aliphatic rings. The van der Waals surface area contributed by atoms with Gasteiger partial charge in [-0.05, 0) is 68.8 Å². The van der Waals surface area contributed by atoms with E-state index >= 15 is 0 Å². The minimum absolute atomic E-state index is 0.217. The van der Waals surface area contributed by atoms with E-state index in [1.807, 2.05) is 54.6 Å². The van der Waals surface area contributed by atoms with E-state index in [2.05, 4.69) is 5.32 Å². The third-order valence-corrected chi connectivity index (χ3v) is 6.73. The molecule has 198 valence electrons. The van der Waals surface area contributed by atoms with Crippen molar-refractivity contribution in [2.45, 2.75) is 43.9 Å². The van der Waals surface area contributed by atoms with Crippen LogP contribution in [0.3, 0.4) is 0 Å². The van der Waals surface area contributed by atoms with Gasteiger partial charge in [-0.2, -0.15) is 0 Å². The molecule has 0 saturated heterocycles. The number of nitrogens with one attached hydrogen (secondary N) is 1. The van der Waals surface area contributed by atoms with E-state index in [0.717, 1.165) is 16.2 Å². The number of nitrogens with zero attached hydrogens (tertiary/aromatic N) is 1. The van der Waals surface area contributed by atoms with Gasteiger partial charge in [-0.1, -0.05) is 30.3 Å². The van der Waals surface area contributed by atoms with Crippen molar-refractivity contribution in [2.75, 3.05) is 17.8 Å². The predicted octanol–water partition coefficient (Wildman–Crippen LogP) is 5.80. The van der Waals surface area contributed by atoms with Crippen molar-refractivity contribution in [2.24, 2.45) is 0 Å². The summed E-state index contributed by atoms with van der Waals surface area (Å²) in [6.07, 6.45) is -0.667. The summed E-state index contributed by atoms with van der Waals surface area (Å²) >= 11 is 1.42. The summed E-state index contributed by atoms with van der Waals surface area (Å²) in [7, 11) is 1.31. The molecule has 1 atom stereocenters. The topological polar surface area (TPSA) is 94.2 Å². The monoisotopic (exact) mass is 534 g/mol. The Morgan fingerprint density at radius 1 is 1.00 bits per heavy atom. The van der Waals surface area contributed by atoms with Crippen LogP contribution in [0.15, 0.2) is 77.7 Å². The first-order chi connectivity index (χ1) is 18.1. The average Bonchev–Trinajstić information content (AvgIpc) is 3.00. The Balaban J connectivity index is 1.61. The fourth-order valence-corrected chi connectivity index (χ4v) is 4.89. The zero-order valence-electron chi connectivity index (χ0n) is 21.7. The summed E-state index contributed by atoms with van der Waals surface area (Å²) in [5.74, 6) is 0.882. The van der Waals surface area contributed by atoms with Crippen LogP contribution in [0.5, 0.6) is 11.5 Å². The Kier molecular flexibility index (Phi) is 8.26. The summed E-state index contributed by atoms with van der Waals surface area (Å²) in [6, 6.07) is 21.2. The third kappa shape index (κ3) is 6.86. The molecule has 1 heterocycles. The van der Waals surface area contributed by atoms with Crippen LogP contribution in [-0.2, 0) is 20.8 Å². The number of para-hydroxylation sites is 1. The van der Waals surface area contributed by atoms with Gasteiger partial charge in [0.1, 0.15) is 23.1 Å². The van der Waals surface area contributed by atoms with Crippen LogP contribution in [0.1, 0.15) is 36.7 Å². The Morgan fingerprint density at radius 2 is 1.68 bits per heavy atom. The molecule has 0 aliphatic carbocycles. The molecule has 38 heavy (non-hydrogen) atoms. The van der Waals surface area contributed by atoms with E-state index in [1.54, 1.807) is 43.9 Å². The molecule has 4 rings (SSSR count). The Morgan fingerprint density at radius 3 is 2.34 bits per heavy atom. The van der Waals surface area contributed by atoms with Crippen molar-refractivity contribution in [1.29, 1.82) is 0 Å². The van der Waals surface area contributed by atoms with Crippen LogP contribution in [0.2, 0.25) is 0 Å². The van der Waals surface area contributed by atoms with Crippen LogP contribution < -0.4 is 15.0 Å². The van der Waals surface area contributed by atoms with Crippen molar-refractivity contribution >= 4 is 35.4 Å². The minimum Gasteiger partial charge on any atom is -0.465 e. The average molecular weight is 535 g/mol. The summed E-state index contributed by atoms with van der Waals surface area (Å²) in [5, 5.41) is 2.72. The molecule has 0 aromatic heterocycles. The molecule has 0 spiro atoms. The van der Waals surface area contributed by atoms with E-state index in [0.29, 0.717) is 22.8 Å². The first-order valence-electron chi connectivity index (χ1n) is 12.1. The second kappa shape index (κ2) is 11.6. The molecule has 2 amide bonds. The number of amides is 2. The zero-order chi connectivity index (χ0) is 27.3. The molecule has 0 radical (unpaired) electrons. The maximum atomic E-state index is 13.8. The number of alkyl carbamates (subject to hydrolysis) is 1. The van der Waals surface area contributed by atoms with Crippen LogP contribution in [0.4, 0.5) is 10.5 Å². The molecular formula is C29H30N2O6S. The number of methoxy groups -OCH3 is 1. The van der Waals surface area contributed by atoms with E-state index in [9.17, 15) is 14.4 Å². The Hall–Kier alpha value is -3.98. The van der Waals surface area contributed by atoms with E-state index in [-0.39, 0.29) is 12.5 Å². The van der Waals surface area contributed by atoms with Crippen LogP contribution >= 0.6 is 11.8 Å². The van der Waals surface area contributed by atoms with Crippen LogP contribution in [-0.4, -0.2) is 42.5 Å². The second-order valence-electron chi connectivity index (χ2n) is 9.67. The molecular weight excluding hydrogens is 504 g/mol. The lowest BCUT2D eigenvalue weighted by Gasteiger charge is -2.27. The molecule has 1 N–H and O–H groups in total. The molecule has 3 aromatic carbocycles. The van der Waals surface area contributed by atoms with Gasteiger partial charge in [0.15, 0.2) is 0 Å². The van der Waals surface area contributed by atoms with Gasteiger partial charge in [-0.3, -0.25) is 4.79 Å². The number of ether oxygens (including phenoxy) is 3. The highest BCUT2D eigenvalue weighted by Gasteiger charge is 2.33. The largest absolute Gasteiger partial charge is 0.465 e. The van der Waals surface area contributed by atoms with Gasteiger partial charge in [0.05, 0.1) is 24.9 Å². The molecule has 9 heteroatoms. The summed E-state index contributed by atoms with van der Waals surface area (Å²) in [6.45, 7) is 5.50. The van der Waals surface area contributed by atoms with Gasteiger partial charge in [0.25, 0.3) is 5.91 Å². The molecule has 0 bridgehead atoms. The normalized spacial score (nSPS) is 15.2. The van der Waals surface area contributed by atoms with E-state index < -0.39 is 23.7 Å². The summed E-state index contributed by atoms with van der Waals surface area (Å²) in [5.41, 5.74) is 1.04. The van der Waals surface area contributed by atoms with E-state index in [4.69, 9.17) is 14.2 Å². The third-order valence-electron chi connectivity index (χ3n) is 5.57. The van der Waals surface area contributed by atoms with Crippen LogP contribution in [0.25, 0.3) is 0 Å². The molecule has 8 nitrogen and oxygen atoms in total. The van der Waals surface area contributed by atoms with Crippen molar-refractivity contribution < 1.29 is 28.6 Å². The number of fused-ring (bicyclic) bond motifs is 1. The van der Waals surface area contributed by atoms with Gasteiger partial charge in [-0.15, -0.1) is 11.8 Å².